The van der Waals surface area contributed by atoms with E-state index in [0.717, 1.165) is 21.9 Å². The number of carbonyl (C=O) groups excluding carboxylic acids is 2. The lowest BCUT2D eigenvalue weighted by Gasteiger charge is -2.25. The van der Waals surface area contributed by atoms with Crippen LogP contribution in [0.4, 0.5) is 0 Å². The van der Waals surface area contributed by atoms with Gasteiger partial charge in [-0.15, -0.1) is 0 Å². The predicted molar refractivity (Wildman–Crippen MR) is 128 cm³/mol. The van der Waals surface area contributed by atoms with Crippen molar-refractivity contribution in [3.05, 3.63) is 71.8 Å². The molecule has 0 bridgehead atoms. The normalized spacial score (nSPS) is 14.5. The fraction of sp³-hybridized carbons (Fsp3) is 0.333. The Morgan fingerprint density at radius 3 is 2.33 bits per heavy atom. The van der Waals surface area contributed by atoms with Gasteiger partial charge in [0.2, 0.25) is 11.8 Å². The van der Waals surface area contributed by atoms with E-state index in [0.29, 0.717) is 24.7 Å². The summed E-state index contributed by atoms with van der Waals surface area (Å²) in [5, 5.41) is 8.18. The minimum absolute atomic E-state index is 0.0574. The Balaban J connectivity index is 1.39. The molecule has 6 nitrogen and oxygen atoms in total. The minimum Gasteiger partial charge on any atom is -0.486 e. The van der Waals surface area contributed by atoms with Crippen molar-refractivity contribution in [3.63, 3.8) is 0 Å². The van der Waals surface area contributed by atoms with E-state index in [4.69, 9.17) is 9.47 Å². The number of rotatable bonds is 7. The summed E-state index contributed by atoms with van der Waals surface area (Å²) in [6, 6.07) is 18.8. The van der Waals surface area contributed by atoms with Gasteiger partial charge in [0.25, 0.3) is 0 Å². The highest BCUT2D eigenvalue weighted by atomic mass is 16.6. The van der Waals surface area contributed by atoms with Crippen molar-refractivity contribution < 1.29 is 19.1 Å². The van der Waals surface area contributed by atoms with Crippen LogP contribution in [0.2, 0.25) is 0 Å². The third kappa shape index (κ3) is 5.45. The lowest BCUT2D eigenvalue weighted by atomic mass is 10.0. The maximum Gasteiger partial charge on any atom is 0.243 e. The first-order valence-electron chi connectivity index (χ1n) is 11.4. The molecule has 0 saturated carbocycles. The molecular formula is C27H30N2O4. The van der Waals surface area contributed by atoms with Crippen molar-refractivity contribution in [1.82, 2.24) is 10.6 Å². The zero-order valence-electron chi connectivity index (χ0n) is 19.3. The molecule has 0 saturated heterocycles. The van der Waals surface area contributed by atoms with Gasteiger partial charge in [0.05, 0.1) is 12.5 Å². The number of ether oxygens (including phenoxy) is 2. The SMILES string of the molecule is CC(NC(=O)C(NC(=O)Cc1ccc2ccccc2c1)C(C)C)c1ccc2c(c1)OCCO2. The molecule has 2 atom stereocenters. The summed E-state index contributed by atoms with van der Waals surface area (Å²) in [7, 11) is 0. The van der Waals surface area contributed by atoms with E-state index >= 15 is 0 Å². The monoisotopic (exact) mass is 446 g/mol. The van der Waals surface area contributed by atoms with Crippen LogP contribution < -0.4 is 20.1 Å². The largest absolute Gasteiger partial charge is 0.486 e. The van der Waals surface area contributed by atoms with Gasteiger partial charge in [0.15, 0.2) is 11.5 Å². The number of benzene rings is 3. The molecule has 1 aliphatic rings. The molecule has 0 spiro atoms. The van der Waals surface area contributed by atoms with Gasteiger partial charge in [-0.3, -0.25) is 9.59 Å². The lowest BCUT2D eigenvalue weighted by molar-refractivity contribution is -0.130. The highest BCUT2D eigenvalue weighted by Crippen LogP contribution is 2.32. The molecule has 6 heteroatoms. The van der Waals surface area contributed by atoms with Crippen LogP contribution in [0.15, 0.2) is 60.7 Å². The number of amides is 2. The van der Waals surface area contributed by atoms with Crippen LogP contribution in [0.25, 0.3) is 10.8 Å². The van der Waals surface area contributed by atoms with Gasteiger partial charge < -0.3 is 20.1 Å². The van der Waals surface area contributed by atoms with E-state index in [-0.39, 0.29) is 30.2 Å². The van der Waals surface area contributed by atoms with Gasteiger partial charge in [0.1, 0.15) is 19.3 Å². The summed E-state index contributed by atoms with van der Waals surface area (Å²) in [5.74, 6) is 0.955. The standard InChI is InChI=1S/C27H30N2O4/c1-17(2)26(29-25(30)15-19-8-9-20-6-4-5-7-22(20)14-19)27(31)28-18(3)21-10-11-23-24(16-21)33-13-12-32-23/h4-11,14,16-18,26H,12-13,15H2,1-3H3,(H,28,31)(H,29,30). The van der Waals surface area contributed by atoms with Gasteiger partial charge >= 0.3 is 0 Å². The van der Waals surface area contributed by atoms with Gasteiger partial charge in [-0.05, 0) is 46.9 Å². The Morgan fingerprint density at radius 1 is 0.848 bits per heavy atom. The number of carbonyl (C=O) groups is 2. The van der Waals surface area contributed by atoms with Crippen LogP contribution in [-0.2, 0) is 16.0 Å². The molecule has 0 fully saturated rings. The summed E-state index contributed by atoms with van der Waals surface area (Å²) >= 11 is 0. The molecule has 2 unspecified atom stereocenters. The number of nitrogens with one attached hydrogen (secondary N) is 2. The van der Waals surface area contributed by atoms with Crippen molar-refractivity contribution in [2.24, 2.45) is 5.92 Å². The van der Waals surface area contributed by atoms with E-state index in [1.54, 1.807) is 0 Å². The summed E-state index contributed by atoms with van der Waals surface area (Å²) in [4.78, 5) is 25.8. The third-order valence-corrected chi connectivity index (χ3v) is 5.87. The first-order chi connectivity index (χ1) is 15.9. The van der Waals surface area contributed by atoms with Gasteiger partial charge in [0, 0.05) is 0 Å². The molecule has 172 valence electrons. The van der Waals surface area contributed by atoms with Crippen molar-refractivity contribution in [1.29, 1.82) is 0 Å². The Morgan fingerprint density at radius 2 is 1.58 bits per heavy atom. The van der Waals surface area contributed by atoms with E-state index in [1.165, 1.54) is 0 Å². The quantitative estimate of drug-likeness (QED) is 0.571. The maximum absolute atomic E-state index is 13.0. The Bertz CT molecular complexity index is 1160. The van der Waals surface area contributed by atoms with Crippen LogP contribution in [0.1, 0.15) is 37.9 Å². The molecule has 3 aromatic rings. The summed E-state index contributed by atoms with van der Waals surface area (Å²) in [6.07, 6.45) is 0.221. The first-order valence-corrected chi connectivity index (χ1v) is 11.4. The second kappa shape index (κ2) is 9.94. The minimum atomic E-state index is -0.627. The van der Waals surface area contributed by atoms with Crippen LogP contribution in [-0.4, -0.2) is 31.1 Å². The van der Waals surface area contributed by atoms with Gasteiger partial charge in [-0.25, -0.2) is 0 Å². The molecular weight excluding hydrogens is 416 g/mol. The Labute approximate surface area is 194 Å². The molecule has 1 heterocycles. The third-order valence-electron chi connectivity index (χ3n) is 5.87. The maximum atomic E-state index is 13.0. The highest BCUT2D eigenvalue weighted by Gasteiger charge is 2.26. The summed E-state index contributed by atoms with van der Waals surface area (Å²) in [5.41, 5.74) is 1.83. The Hall–Kier alpha value is -3.54. The summed E-state index contributed by atoms with van der Waals surface area (Å²) in [6.45, 7) is 6.81. The molecule has 2 amide bonds. The van der Waals surface area contributed by atoms with Crippen molar-refractivity contribution in [2.45, 2.75) is 39.3 Å². The zero-order valence-corrected chi connectivity index (χ0v) is 19.3. The van der Waals surface area contributed by atoms with Crippen molar-refractivity contribution in [2.75, 3.05) is 13.2 Å². The predicted octanol–water partition coefficient (Wildman–Crippen LogP) is 4.17. The molecule has 33 heavy (non-hydrogen) atoms. The van der Waals surface area contributed by atoms with Crippen LogP contribution in [0, 0.1) is 5.92 Å². The highest BCUT2D eigenvalue weighted by molar-refractivity contribution is 5.90. The van der Waals surface area contributed by atoms with Crippen LogP contribution in [0.5, 0.6) is 11.5 Å². The van der Waals surface area contributed by atoms with E-state index in [1.807, 2.05) is 81.4 Å². The number of hydrogen-bond acceptors (Lipinski definition) is 4. The molecule has 3 aromatic carbocycles. The second-order valence-electron chi connectivity index (χ2n) is 8.78. The van der Waals surface area contributed by atoms with Crippen LogP contribution in [0.3, 0.4) is 0 Å². The topological polar surface area (TPSA) is 76.7 Å². The number of fused-ring (bicyclic) bond motifs is 2. The lowest BCUT2D eigenvalue weighted by Crippen LogP contribution is -2.50. The van der Waals surface area contributed by atoms with E-state index < -0.39 is 6.04 Å². The molecule has 2 N–H and O–H groups in total. The van der Waals surface area contributed by atoms with Gasteiger partial charge in [-0.1, -0.05) is 62.4 Å². The molecule has 0 aliphatic carbocycles. The Kier molecular flexibility index (Phi) is 6.82. The van der Waals surface area contributed by atoms with Crippen LogP contribution >= 0.6 is 0 Å². The second-order valence-corrected chi connectivity index (χ2v) is 8.78. The van der Waals surface area contributed by atoms with E-state index in [2.05, 4.69) is 10.6 Å². The molecule has 1 aliphatic heterocycles. The van der Waals surface area contributed by atoms with E-state index in [9.17, 15) is 9.59 Å². The fourth-order valence-electron chi connectivity index (χ4n) is 4.01. The number of hydrogen-bond donors (Lipinski definition) is 2. The average Bonchev–Trinajstić information content (AvgIpc) is 2.81. The molecule has 0 aromatic heterocycles. The molecule has 4 rings (SSSR count). The smallest absolute Gasteiger partial charge is 0.243 e. The molecule has 0 radical (unpaired) electrons. The fourth-order valence-corrected chi connectivity index (χ4v) is 4.01. The van der Waals surface area contributed by atoms with Crippen molar-refractivity contribution >= 4 is 22.6 Å². The summed E-state index contributed by atoms with van der Waals surface area (Å²) < 4.78 is 11.2. The average molecular weight is 447 g/mol. The van der Waals surface area contributed by atoms with Gasteiger partial charge in [-0.2, -0.15) is 0 Å². The first kappa shape index (κ1) is 22.6. The van der Waals surface area contributed by atoms with Crippen molar-refractivity contribution in [3.8, 4) is 11.5 Å². The zero-order chi connectivity index (χ0) is 23.4.